The Morgan fingerprint density at radius 2 is 1.54 bits per heavy atom. The minimum Gasteiger partial charge on any atom is -0.342 e. The fourth-order valence-electron chi connectivity index (χ4n) is 3.10. The number of ketones is 1. The molecule has 0 saturated heterocycles. The molecule has 3 aromatic rings. The first-order chi connectivity index (χ1) is 13.5. The minimum absolute atomic E-state index is 0.00134. The molecule has 0 fully saturated rings. The third kappa shape index (κ3) is 5.17. The number of aryl methyl sites for hydroxylation is 1. The molecule has 28 heavy (non-hydrogen) atoms. The largest absolute Gasteiger partial charge is 0.342 e. The summed E-state index contributed by atoms with van der Waals surface area (Å²) in [5.74, 6) is -0.259. The van der Waals surface area contributed by atoms with Gasteiger partial charge in [0.25, 0.3) is 5.91 Å². The average molecular weight is 436 g/mol. The second-order valence-electron chi connectivity index (χ2n) is 6.77. The zero-order valence-electron chi connectivity index (χ0n) is 15.7. The summed E-state index contributed by atoms with van der Waals surface area (Å²) < 4.78 is 0.706. The highest BCUT2D eigenvalue weighted by Gasteiger charge is 2.23. The van der Waals surface area contributed by atoms with Crippen LogP contribution in [0.15, 0.2) is 83.3 Å². The van der Waals surface area contributed by atoms with E-state index in [1.165, 1.54) is 0 Å². The molecule has 0 spiro atoms. The van der Waals surface area contributed by atoms with Crippen molar-refractivity contribution in [3.63, 3.8) is 0 Å². The molecule has 3 nitrogen and oxygen atoms in total. The van der Waals surface area contributed by atoms with Gasteiger partial charge in [-0.1, -0.05) is 66.7 Å². The molecule has 0 aromatic heterocycles. The van der Waals surface area contributed by atoms with E-state index in [2.05, 4.69) is 21.2 Å². The predicted molar refractivity (Wildman–Crippen MR) is 115 cm³/mol. The number of hydrogen-bond acceptors (Lipinski definition) is 2. The molecule has 1 N–H and O–H groups in total. The second-order valence-corrected chi connectivity index (χ2v) is 7.62. The Morgan fingerprint density at radius 3 is 2.25 bits per heavy atom. The van der Waals surface area contributed by atoms with Crippen molar-refractivity contribution in [2.75, 3.05) is 0 Å². The molecule has 0 saturated carbocycles. The lowest BCUT2D eigenvalue weighted by molar-refractivity contribution is -0.120. The van der Waals surface area contributed by atoms with Crippen LogP contribution < -0.4 is 5.32 Å². The standard InChI is InChI=1S/C24H22BrNO2/c1-17-9-5-6-12-19(17)16-23(27)22(15-18-10-3-2-4-11-18)26-24(28)20-13-7-8-14-21(20)25/h2-14,22H,15-16H2,1H3,(H,26,28). The number of Topliss-reactive ketones (excluding diaryl/α,β-unsaturated/α-hetero) is 1. The van der Waals surface area contributed by atoms with E-state index in [1.54, 1.807) is 12.1 Å². The number of amides is 1. The minimum atomic E-state index is -0.596. The topological polar surface area (TPSA) is 46.2 Å². The molecular formula is C24H22BrNO2. The molecule has 1 amide bonds. The summed E-state index contributed by atoms with van der Waals surface area (Å²) in [5, 5.41) is 2.94. The van der Waals surface area contributed by atoms with E-state index in [0.29, 0.717) is 22.9 Å². The molecule has 3 aromatic carbocycles. The first kappa shape index (κ1) is 20.0. The van der Waals surface area contributed by atoms with Gasteiger partial charge < -0.3 is 5.32 Å². The predicted octanol–water partition coefficient (Wildman–Crippen LogP) is 4.91. The Balaban J connectivity index is 1.82. The molecule has 3 rings (SSSR count). The van der Waals surface area contributed by atoms with Gasteiger partial charge in [-0.15, -0.1) is 0 Å². The summed E-state index contributed by atoms with van der Waals surface area (Å²) in [5.41, 5.74) is 3.59. The van der Waals surface area contributed by atoms with E-state index in [0.717, 1.165) is 16.7 Å². The van der Waals surface area contributed by atoms with E-state index in [9.17, 15) is 9.59 Å². The number of benzene rings is 3. The maximum atomic E-state index is 13.1. The van der Waals surface area contributed by atoms with Gasteiger partial charge in [-0.05, 0) is 58.1 Å². The lowest BCUT2D eigenvalue weighted by Crippen LogP contribution is -2.43. The van der Waals surface area contributed by atoms with Gasteiger partial charge in [0.1, 0.15) is 0 Å². The second kappa shape index (κ2) is 9.47. The first-order valence-corrected chi connectivity index (χ1v) is 10.0. The van der Waals surface area contributed by atoms with Crippen LogP contribution in [0.4, 0.5) is 0 Å². The number of carbonyl (C=O) groups excluding carboxylic acids is 2. The molecule has 0 aliphatic carbocycles. The quantitative estimate of drug-likeness (QED) is 0.572. The van der Waals surface area contributed by atoms with Crippen molar-refractivity contribution in [2.24, 2.45) is 0 Å². The van der Waals surface area contributed by atoms with Crippen molar-refractivity contribution in [1.29, 1.82) is 0 Å². The van der Waals surface area contributed by atoms with Gasteiger partial charge in [-0.2, -0.15) is 0 Å². The van der Waals surface area contributed by atoms with Gasteiger partial charge in [0.15, 0.2) is 5.78 Å². The molecule has 0 radical (unpaired) electrons. The van der Waals surface area contributed by atoms with E-state index in [4.69, 9.17) is 0 Å². The third-order valence-corrected chi connectivity index (χ3v) is 5.41. The molecule has 4 heteroatoms. The highest BCUT2D eigenvalue weighted by atomic mass is 79.9. The zero-order chi connectivity index (χ0) is 19.9. The van der Waals surface area contributed by atoms with Crippen molar-refractivity contribution in [1.82, 2.24) is 5.32 Å². The van der Waals surface area contributed by atoms with E-state index < -0.39 is 6.04 Å². The lowest BCUT2D eigenvalue weighted by Gasteiger charge is -2.19. The van der Waals surface area contributed by atoms with Crippen molar-refractivity contribution in [2.45, 2.75) is 25.8 Å². The number of halogens is 1. The van der Waals surface area contributed by atoms with E-state index in [1.807, 2.05) is 73.7 Å². The number of rotatable bonds is 7. The molecule has 142 valence electrons. The fraction of sp³-hybridized carbons (Fsp3) is 0.167. The Labute approximate surface area is 173 Å². The molecule has 1 atom stereocenters. The lowest BCUT2D eigenvalue weighted by atomic mass is 9.95. The molecular weight excluding hydrogens is 414 g/mol. The van der Waals surface area contributed by atoms with Crippen molar-refractivity contribution >= 4 is 27.6 Å². The van der Waals surface area contributed by atoms with Gasteiger partial charge in [-0.3, -0.25) is 9.59 Å². The van der Waals surface area contributed by atoms with Crippen molar-refractivity contribution in [3.8, 4) is 0 Å². The Morgan fingerprint density at radius 1 is 0.893 bits per heavy atom. The van der Waals surface area contributed by atoms with Gasteiger partial charge in [-0.25, -0.2) is 0 Å². The number of hydrogen-bond donors (Lipinski definition) is 1. The summed E-state index contributed by atoms with van der Waals surface area (Å²) in [6.45, 7) is 1.99. The highest BCUT2D eigenvalue weighted by Crippen LogP contribution is 2.17. The molecule has 0 aliphatic rings. The summed E-state index contributed by atoms with van der Waals surface area (Å²) in [6, 6.07) is 24.2. The molecule has 0 bridgehead atoms. The van der Waals surface area contributed by atoms with Crippen LogP contribution in [0.1, 0.15) is 27.0 Å². The van der Waals surface area contributed by atoms with Crippen LogP contribution in [0.3, 0.4) is 0 Å². The van der Waals surface area contributed by atoms with Crippen LogP contribution in [-0.4, -0.2) is 17.7 Å². The number of nitrogens with one attached hydrogen (secondary N) is 1. The maximum absolute atomic E-state index is 13.1. The van der Waals surface area contributed by atoms with Crippen LogP contribution in [0.25, 0.3) is 0 Å². The molecule has 0 heterocycles. The van der Waals surface area contributed by atoms with E-state index in [-0.39, 0.29) is 11.7 Å². The highest BCUT2D eigenvalue weighted by molar-refractivity contribution is 9.10. The third-order valence-electron chi connectivity index (χ3n) is 4.72. The van der Waals surface area contributed by atoms with Crippen LogP contribution in [-0.2, 0) is 17.6 Å². The van der Waals surface area contributed by atoms with Gasteiger partial charge in [0.2, 0.25) is 0 Å². The molecule has 1 unspecified atom stereocenters. The Hall–Kier alpha value is -2.72. The van der Waals surface area contributed by atoms with E-state index >= 15 is 0 Å². The van der Waals surface area contributed by atoms with Gasteiger partial charge in [0.05, 0.1) is 11.6 Å². The van der Waals surface area contributed by atoms with Crippen LogP contribution >= 0.6 is 15.9 Å². The average Bonchev–Trinajstić information content (AvgIpc) is 2.70. The van der Waals surface area contributed by atoms with Gasteiger partial charge >= 0.3 is 0 Å². The van der Waals surface area contributed by atoms with Crippen LogP contribution in [0, 0.1) is 6.92 Å². The summed E-state index contributed by atoms with van der Waals surface area (Å²) in [6.07, 6.45) is 0.752. The first-order valence-electron chi connectivity index (χ1n) is 9.21. The van der Waals surface area contributed by atoms with Crippen LogP contribution in [0.2, 0.25) is 0 Å². The fourth-order valence-corrected chi connectivity index (χ4v) is 3.56. The summed E-state index contributed by atoms with van der Waals surface area (Å²) in [4.78, 5) is 25.9. The summed E-state index contributed by atoms with van der Waals surface area (Å²) in [7, 11) is 0. The SMILES string of the molecule is Cc1ccccc1CC(=O)C(Cc1ccccc1)NC(=O)c1ccccc1Br. The summed E-state index contributed by atoms with van der Waals surface area (Å²) >= 11 is 3.41. The van der Waals surface area contributed by atoms with Crippen LogP contribution in [0.5, 0.6) is 0 Å². The Kier molecular flexibility index (Phi) is 6.77. The maximum Gasteiger partial charge on any atom is 0.253 e. The van der Waals surface area contributed by atoms with Crippen molar-refractivity contribution in [3.05, 3.63) is 106 Å². The Bertz CT molecular complexity index is 969. The zero-order valence-corrected chi connectivity index (χ0v) is 17.3. The van der Waals surface area contributed by atoms with Gasteiger partial charge in [0, 0.05) is 10.9 Å². The monoisotopic (exact) mass is 435 g/mol. The molecule has 0 aliphatic heterocycles. The number of carbonyl (C=O) groups is 2. The van der Waals surface area contributed by atoms with Crippen molar-refractivity contribution < 1.29 is 9.59 Å². The smallest absolute Gasteiger partial charge is 0.253 e. The normalized spacial score (nSPS) is 11.6.